The van der Waals surface area contributed by atoms with E-state index in [9.17, 15) is 9.59 Å². The van der Waals surface area contributed by atoms with E-state index in [4.69, 9.17) is 4.74 Å². The molecule has 176 valence electrons. The van der Waals surface area contributed by atoms with Gasteiger partial charge in [0.25, 0.3) is 0 Å². The van der Waals surface area contributed by atoms with Crippen molar-refractivity contribution in [2.24, 2.45) is 0 Å². The number of ether oxygens (including phenoxy) is 1. The molecule has 2 aliphatic rings. The summed E-state index contributed by atoms with van der Waals surface area (Å²) < 4.78 is 5.64. The van der Waals surface area contributed by atoms with Crippen LogP contribution in [0.5, 0.6) is 0 Å². The monoisotopic (exact) mass is 449 g/mol. The Hall–Kier alpha value is -2.70. The zero-order valence-corrected chi connectivity index (χ0v) is 19.8. The third kappa shape index (κ3) is 5.12. The molecule has 33 heavy (non-hydrogen) atoms. The first-order chi connectivity index (χ1) is 16.0. The van der Waals surface area contributed by atoms with Crippen LogP contribution in [0.2, 0.25) is 0 Å². The molecule has 6 nitrogen and oxygen atoms in total. The van der Waals surface area contributed by atoms with E-state index >= 15 is 0 Å². The third-order valence-electron chi connectivity index (χ3n) is 7.16. The first-order valence-corrected chi connectivity index (χ1v) is 12.0. The SMILES string of the molecule is CNC(=O)C1CN(CCc2ccccc2)CCN1C(=O)C1(c2cccc(C)c2)CCOCC1. The van der Waals surface area contributed by atoms with Gasteiger partial charge in [-0.15, -0.1) is 0 Å². The molecule has 2 aliphatic heterocycles. The Morgan fingerprint density at radius 1 is 1.06 bits per heavy atom. The maximum atomic E-state index is 14.2. The van der Waals surface area contributed by atoms with Crippen molar-refractivity contribution >= 4 is 11.8 Å². The van der Waals surface area contributed by atoms with Crippen LogP contribution in [0.15, 0.2) is 54.6 Å². The number of hydrogen-bond donors (Lipinski definition) is 1. The Bertz CT molecular complexity index is 956. The molecular weight excluding hydrogens is 414 g/mol. The van der Waals surface area contributed by atoms with Gasteiger partial charge in [-0.2, -0.15) is 0 Å². The minimum absolute atomic E-state index is 0.0627. The number of carbonyl (C=O) groups is 2. The summed E-state index contributed by atoms with van der Waals surface area (Å²) in [6, 6.07) is 18.2. The number of aryl methyl sites for hydroxylation is 1. The average molecular weight is 450 g/mol. The lowest BCUT2D eigenvalue weighted by Gasteiger charge is -2.46. The van der Waals surface area contributed by atoms with Gasteiger partial charge in [0.1, 0.15) is 6.04 Å². The molecule has 2 saturated heterocycles. The van der Waals surface area contributed by atoms with E-state index in [0.29, 0.717) is 39.1 Å². The van der Waals surface area contributed by atoms with E-state index < -0.39 is 11.5 Å². The summed E-state index contributed by atoms with van der Waals surface area (Å²) in [7, 11) is 1.65. The summed E-state index contributed by atoms with van der Waals surface area (Å²) in [6.45, 7) is 5.92. The maximum absolute atomic E-state index is 14.2. The lowest BCUT2D eigenvalue weighted by Crippen LogP contribution is -2.64. The van der Waals surface area contributed by atoms with Gasteiger partial charge < -0.3 is 15.0 Å². The van der Waals surface area contributed by atoms with Gasteiger partial charge in [-0.05, 0) is 37.3 Å². The molecule has 0 saturated carbocycles. The Morgan fingerprint density at radius 3 is 2.52 bits per heavy atom. The van der Waals surface area contributed by atoms with Crippen LogP contribution in [0.25, 0.3) is 0 Å². The number of carbonyl (C=O) groups excluding carboxylic acids is 2. The second-order valence-corrected chi connectivity index (χ2v) is 9.23. The fraction of sp³-hybridized carbons (Fsp3) is 0.481. The van der Waals surface area contributed by atoms with Crippen LogP contribution in [0.4, 0.5) is 0 Å². The van der Waals surface area contributed by atoms with Gasteiger partial charge in [-0.25, -0.2) is 0 Å². The maximum Gasteiger partial charge on any atom is 0.243 e. The second kappa shape index (κ2) is 10.5. The summed E-state index contributed by atoms with van der Waals surface area (Å²) in [5.74, 6) is -0.0353. The van der Waals surface area contributed by atoms with E-state index in [1.165, 1.54) is 5.56 Å². The van der Waals surface area contributed by atoms with Gasteiger partial charge in [0.2, 0.25) is 11.8 Å². The van der Waals surface area contributed by atoms with E-state index in [1.807, 2.05) is 17.0 Å². The molecule has 0 bridgehead atoms. The van der Waals surface area contributed by atoms with Crippen LogP contribution >= 0.6 is 0 Å². The highest BCUT2D eigenvalue weighted by Crippen LogP contribution is 2.38. The predicted molar refractivity (Wildman–Crippen MR) is 129 cm³/mol. The van der Waals surface area contributed by atoms with Gasteiger partial charge >= 0.3 is 0 Å². The lowest BCUT2D eigenvalue weighted by atomic mass is 9.72. The molecule has 2 amide bonds. The van der Waals surface area contributed by atoms with Crippen molar-refractivity contribution in [1.82, 2.24) is 15.1 Å². The molecule has 0 aliphatic carbocycles. The molecule has 0 aromatic heterocycles. The number of amides is 2. The van der Waals surface area contributed by atoms with E-state index in [2.05, 4.69) is 59.6 Å². The number of piperazine rings is 1. The van der Waals surface area contributed by atoms with Crippen molar-refractivity contribution in [2.75, 3.05) is 46.4 Å². The molecule has 0 radical (unpaired) electrons. The summed E-state index contributed by atoms with van der Waals surface area (Å²) >= 11 is 0. The van der Waals surface area contributed by atoms with Gasteiger partial charge in [0, 0.05) is 46.4 Å². The normalized spacial score (nSPS) is 20.9. The number of hydrogen-bond acceptors (Lipinski definition) is 4. The van der Waals surface area contributed by atoms with Gasteiger partial charge in [-0.3, -0.25) is 14.5 Å². The highest BCUT2D eigenvalue weighted by Gasteiger charge is 2.47. The van der Waals surface area contributed by atoms with Crippen LogP contribution in [0, 0.1) is 6.92 Å². The van der Waals surface area contributed by atoms with Crippen molar-refractivity contribution in [3.05, 3.63) is 71.3 Å². The zero-order valence-electron chi connectivity index (χ0n) is 19.8. The van der Waals surface area contributed by atoms with Crippen molar-refractivity contribution in [2.45, 2.75) is 37.6 Å². The van der Waals surface area contributed by atoms with E-state index in [1.54, 1.807) is 7.05 Å². The van der Waals surface area contributed by atoms with Crippen LogP contribution in [0.1, 0.15) is 29.5 Å². The topological polar surface area (TPSA) is 61.9 Å². The zero-order chi connectivity index (χ0) is 23.3. The number of nitrogens with zero attached hydrogens (tertiary/aromatic N) is 2. The minimum atomic E-state index is -0.636. The molecular formula is C27H35N3O3. The number of benzene rings is 2. The second-order valence-electron chi connectivity index (χ2n) is 9.23. The molecule has 2 aromatic rings. The standard InChI is InChI=1S/C27H35N3O3/c1-21-7-6-10-23(19-21)27(12-17-33-18-13-27)26(32)30-16-15-29(20-24(30)25(31)28-2)14-11-22-8-4-3-5-9-22/h3-10,19,24H,11-18,20H2,1-2H3,(H,28,31). The van der Waals surface area contributed by atoms with E-state index in [0.717, 1.165) is 30.6 Å². The Balaban J connectivity index is 1.55. The predicted octanol–water partition coefficient (Wildman–Crippen LogP) is 2.54. The Kier molecular flexibility index (Phi) is 7.46. The lowest BCUT2D eigenvalue weighted by molar-refractivity contribution is -0.151. The largest absolute Gasteiger partial charge is 0.381 e. The molecule has 2 aromatic carbocycles. The Labute approximate surface area is 196 Å². The summed E-state index contributed by atoms with van der Waals surface area (Å²) in [4.78, 5) is 31.2. The van der Waals surface area contributed by atoms with Crippen LogP contribution < -0.4 is 5.32 Å². The average Bonchev–Trinajstić information content (AvgIpc) is 2.87. The van der Waals surface area contributed by atoms with Crippen molar-refractivity contribution < 1.29 is 14.3 Å². The summed E-state index contributed by atoms with van der Waals surface area (Å²) in [6.07, 6.45) is 2.22. The van der Waals surface area contributed by atoms with Crippen LogP contribution in [0.3, 0.4) is 0 Å². The van der Waals surface area contributed by atoms with Gasteiger partial charge in [0.15, 0.2) is 0 Å². The smallest absolute Gasteiger partial charge is 0.243 e. The molecule has 4 rings (SSSR count). The van der Waals surface area contributed by atoms with Gasteiger partial charge in [0.05, 0.1) is 5.41 Å². The number of likely N-dealkylation sites (N-methyl/N-ethyl adjacent to an activating group) is 1. The summed E-state index contributed by atoms with van der Waals surface area (Å²) in [5.41, 5.74) is 2.83. The van der Waals surface area contributed by atoms with Gasteiger partial charge in [-0.1, -0.05) is 60.2 Å². The molecule has 1 unspecified atom stereocenters. The van der Waals surface area contributed by atoms with Crippen LogP contribution in [-0.4, -0.2) is 74.1 Å². The number of nitrogens with one attached hydrogen (secondary N) is 1. The fourth-order valence-electron chi connectivity index (χ4n) is 5.17. The number of rotatable bonds is 6. The highest BCUT2D eigenvalue weighted by molar-refractivity contribution is 5.93. The van der Waals surface area contributed by atoms with E-state index in [-0.39, 0.29) is 11.8 Å². The highest BCUT2D eigenvalue weighted by atomic mass is 16.5. The first-order valence-electron chi connectivity index (χ1n) is 12.0. The van der Waals surface area contributed by atoms with Crippen molar-refractivity contribution in [1.29, 1.82) is 0 Å². The fourth-order valence-corrected chi connectivity index (χ4v) is 5.17. The van der Waals surface area contributed by atoms with Crippen molar-refractivity contribution in [3.8, 4) is 0 Å². The molecule has 1 N–H and O–H groups in total. The van der Waals surface area contributed by atoms with Crippen molar-refractivity contribution in [3.63, 3.8) is 0 Å². The van der Waals surface area contributed by atoms with Crippen LogP contribution in [-0.2, 0) is 26.2 Å². The third-order valence-corrected chi connectivity index (χ3v) is 7.16. The first kappa shape index (κ1) is 23.5. The minimum Gasteiger partial charge on any atom is -0.381 e. The summed E-state index contributed by atoms with van der Waals surface area (Å²) in [5, 5.41) is 2.79. The molecule has 2 fully saturated rings. The molecule has 0 spiro atoms. The molecule has 6 heteroatoms. The Morgan fingerprint density at radius 2 is 1.82 bits per heavy atom. The molecule has 1 atom stereocenters. The quantitative estimate of drug-likeness (QED) is 0.736. The molecule has 2 heterocycles.